The number of carbonyl (C=O) groups excluding carboxylic acids is 4. The highest BCUT2D eigenvalue weighted by molar-refractivity contribution is 5.95. The summed E-state index contributed by atoms with van der Waals surface area (Å²) in [7, 11) is 5.54. The van der Waals surface area contributed by atoms with Gasteiger partial charge in [0.2, 0.25) is 5.91 Å². The molecular weight excluding hydrogens is 865 g/mol. The summed E-state index contributed by atoms with van der Waals surface area (Å²) in [6.07, 6.45) is 2.83. The summed E-state index contributed by atoms with van der Waals surface area (Å²) in [5.41, 5.74) is 8.44. The molecule has 68 heavy (non-hydrogen) atoms. The van der Waals surface area contributed by atoms with Crippen LogP contribution in [0, 0.1) is 29.1 Å². The Hall–Kier alpha value is -5.05. The Labute approximate surface area is 402 Å². The number of pyridine rings is 1. The molecule has 0 radical (unpaired) electrons. The van der Waals surface area contributed by atoms with Gasteiger partial charge in [0.05, 0.1) is 61.0 Å². The first kappa shape index (κ1) is 50.8. The first-order valence-corrected chi connectivity index (χ1v) is 24.5. The molecule has 2 N–H and O–H groups in total. The Morgan fingerprint density at radius 3 is 2.57 bits per heavy atom. The molecule has 16 heteroatoms. The second-order valence-corrected chi connectivity index (χ2v) is 20.8. The topological polar surface area (TPSA) is 160 Å². The highest BCUT2D eigenvalue weighted by Crippen LogP contribution is 2.42. The number of methoxy groups -OCH3 is 1. The van der Waals surface area contributed by atoms with Gasteiger partial charge in [-0.05, 0) is 109 Å². The van der Waals surface area contributed by atoms with Crippen LogP contribution in [0.2, 0.25) is 0 Å². The van der Waals surface area contributed by atoms with Gasteiger partial charge < -0.3 is 38.6 Å². The van der Waals surface area contributed by atoms with Crippen molar-refractivity contribution in [2.75, 3.05) is 78.6 Å². The van der Waals surface area contributed by atoms with Gasteiger partial charge in [0, 0.05) is 86.6 Å². The van der Waals surface area contributed by atoms with E-state index in [1.54, 1.807) is 18.2 Å². The van der Waals surface area contributed by atoms with Gasteiger partial charge in [-0.15, -0.1) is 0 Å². The molecule has 4 aliphatic rings. The number of carbonyl (C=O) groups is 4. The number of cyclic esters (lactones) is 1. The summed E-state index contributed by atoms with van der Waals surface area (Å²) < 4.78 is 27.0. The van der Waals surface area contributed by atoms with Crippen LogP contribution in [-0.2, 0) is 51.1 Å². The van der Waals surface area contributed by atoms with Crippen LogP contribution < -0.4 is 15.6 Å². The number of anilines is 1. The number of benzene rings is 1. The maximum Gasteiger partial charge on any atom is 0.324 e. The number of fused-ring (bicyclic) bond motifs is 6. The smallest absolute Gasteiger partial charge is 0.324 e. The molecule has 0 unspecified atom stereocenters. The van der Waals surface area contributed by atoms with E-state index in [4.69, 9.17) is 23.9 Å². The van der Waals surface area contributed by atoms with E-state index >= 15 is 0 Å². The van der Waals surface area contributed by atoms with Gasteiger partial charge in [0.1, 0.15) is 12.1 Å². The molecule has 0 spiro atoms. The number of nitrogens with zero attached hydrogens (tertiary/aromatic N) is 6. The number of morpholine rings is 1. The number of rotatable bonds is 11. The third-order valence-electron chi connectivity index (χ3n) is 14.3. The first-order chi connectivity index (χ1) is 32.3. The SMILES string of the molecule is CCn1c(-c2cccnc2[C@H](C)OC)c2c3cc(ccc31)N1CCO[C@@H](C[C@H](NC(=O)[C@@H](COC3CN(C(=O)C#CC(C)(C)N(C)C)C3)C(C)C)C(=O)N3CCC[C@H](N3)C(=O)OCC(C)(C)C2)C1. The molecule has 0 aliphatic carbocycles. The molecule has 370 valence electrons. The van der Waals surface area contributed by atoms with Gasteiger partial charge in [-0.25, -0.2) is 5.43 Å². The summed E-state index contributed by atoms with van der Waals surface area (Å²) in [6.45, 7) is 20.0. The summed E-state index contributed by atoms with van der Waals surface area (Å²) >= 11 is 0. The van der Waals surface area contributed by atoms with Gasteiger partial charge in [-0.3, -0.25) is 34.1 Å². The first-order valence-electron chi connectivity index (χ1n) is 24.5. The molecule has 4 aliphatic heterocycles. The van der Waals surface area contributed by atoms with Crippen molar-refractivity contribution >= 4 is 40.3 Å². The summed E-state index contributed by atoms with van der Waals surface area (Å²) in [5, 5.41) is 5.71. The van der Waals surface area contributed by atoms with Crippen LogP contribution in [0.3, 0.4) is 0 Å². The van der Waals surface area contributed by atoms with Crippen molar-refractivity contribution in [3.63, 3.8) is 0 Å². The van der Waals surface area contributed by atoms with Gasteiger partial charge >= 0.3 is 5.97 Å². The number of esters is 1. The summed E-state index contributed by atoms with van der Waals surface area (Å²) in [5.74, 6) is 3.80. The average Bonchev–Trinajstić information content (AvgIpc) is 3.60. The molecule has 16 nitrogen and oxygen atoms in total. The number of aryl methyl sites for hydroxylation is 1. The monoisotopic (exact) mass is 939 g/mol. The quantitative estimate of drug-likeness (QED) is 0.197. The summed E-state index contributed by atoms with van der Waals surface area (Å²) in [4.78, 5) is 66.5. The molecule has 1 aromatic carbocycles. The fourth-order valence-electron chi connectivity index (χ4n) is 9.45. The third kappa shape index (κ3) is 11.3. The molecule has 3 amide bonds. The van der Waals surface area contributed by atoms with Gasteiger partial charge in [-0.2, -0.15) is 0 Å². The lowest BCUT2D eigenvalue weighted by molar-refractivity contribution is -0.156. The van der Waals surface area contributed by atoms with E-state index in [-0.39, 0.29) is 55.5 Å². The number of ether oxygens (including phenoxy) is 4. The van der Waals surface area contributed by atoms with E-state index in [0.717, 1.165) is 45.6 Å². The van der Waals surface area contributed by atoms with Crippen molar-refractivity contribution < 1.29 is 38.1 Å². The fourth-order valence-corrected chi connectivity index (χ4v) is 9.45. The van der Waals surface area contributed by atoms with Crippen LogP contribution in [-0.4, -0.2) is 152 Å². The third-order valence-corrected chi connectivity index (χ3v) is 14.3. The Morgan fingerprint density at radius 2 is 1.87 bits per heavy atom. The molecule has 6 heterocycles. The molecular formula is C52H74N8O8. The van der Waals surface area contributed by atoms with E-state index in [1.807, 2.05) is 59.7 Å². The van der Waals surface area contributed by atoms with Crippen molar-refractivity contribution in [1.82, 2.24) is 35.1 Å². The second kappa shape index (κ2) is 21.3. The van der Waals surface area contributed by atoms with Crippen LogP contribution in [0.25, 0.3) is 22.2 Å². The second-order valence-electron chi connectivity index (χ2n) is 20.8. The van der Waals surface area contributed by atoms with E-state index in [0.29, 0.717) is 58.6 Å². The Kier molecular flexibility index (Phi) is 15.9. The van der Waals surface area contributed by atoms with Crippen molar-refractivity contribution in [2.24, 2.45) is 17.3 Å². The number of hydrogen-bond acceptors (Lipinski definition) is 12. The number of likely N-dealkylation sites (tertiary alicyclic amines) is 1. The van der Waals surface area contributed by atoms with Crippen molar-refractivity contribution in [3.05, 3.63) is 47.8 Å². The van der Waals surface area contributed by atoms with Gasteiger partial charge in [-0.1, -0.05) is 33.6 Å². The minimum atomic E-state index is -0.964. The van der Waals surface area contributed by atoms with Crippen LogP contribution in [0.15, 0.2) is 36.5 Å². The zero-order valence-electron chi connectivity index (χ0n) is 42.1. The lowest BCUT2D eigenvalue weighted by Gasteiger charge is -2.39. The lowest BCUT2D eigenvalue weighted by Crippen LogP contribution is -2.61. The van der Waals surface area contributed by atoms with Crippen molar-refractivity contribution in [3.8, 4) is 23.1 Å². The highest BCUT2D eigenvalue weighted by Gasteiger charge is 2.39. The van der Waals surface area contributed by atoms with Gasteiger partial charge in [0.15, 0.2) is 0 Å². The Bertz CT molecular complexity index is 2380. The molecule has 5 atom stereocenters. The van der Waals surface area contributed by atoms with Crippen LogP contribution >= 0.6 is 0 Å². The molecule has 3 fully saturated rings. The van der Waals surface area contributed by atoms with Gasteiger partial charge in [0.25, 0.3) is 11.8 Å². The van der Waals surface area contributed by atoms with E-state index in [9.17, 15) is 19.2 Å². The number of hydrogen-bond donors (Lipinski definition) is 2. The zero-order valence-corrected chi connectivity index (χ0v) is 42.1. The Morgan fingerprint density at radius 1 is 1.10 bits per heavy atom. The zero-order chi connectivity index (χ0) is 49.1. The lowest BCUT2D eigenvalue weighted by atomic mass is 9.84. The van der Waals surface area contributed by atoms with Crippen molar-refractivity contribution in [2.45, 2.75) is 124 Å². The number of aromatic nitrogens is 2. The molecule has 6 bridgehead atoms. The standard InChI is InChI=1S/C52H74N8O8/c1-12-59-44-18-17-35-25-39(44)40(47(59)38-15-13-21-53-46(38)34(4)65-11)27-51(5,6)32-68-50(64)42-16-14-22-60(55-42)49(63)43(26-36-28-57(35)23-24-66-36)54-48(62)41(33(2)3)31-67-37-29-58(30-37)45(61)19-20-52(7,8)56(9)10/h13,15,17-18,21,25,33-34,36-37,41-43,55H,12,14,16,22-24,26-32H2,1-11H3,(H,54,62)/t34-,36-,41-,42-,43-/m0/s1. The molecule has 0 saturated carbocycles. The summed E-state index contributed by atoms with van der Waals surface area (Å²) in [6, 6.07) is 8.98. The van der Waals surface area contributed by atoms with Crippen LogP contribution in [0.1, 0.15) is 92.0 Å². The fraction of sp³-hybridized carbons (Fsp3) is 0.635. The van der Waals surface area contributed by atoms with E-state index in [2.05, 4.69) is 77.1 Å². The highest BCUT2D eigenvalue weighted by atomic mass is 16.5. The average molecular weight is 939 g/mol. The molecule has 2 aromatic heterocycles. The van der Waals surface area contributed by atoms with E-state index < -0.39 is 41.0 Å². The Balaban J connectivity index is 1.16. The largest absolute Gasteiger partial charge is 0.464 e. The minimum Gasteiger partial charge on any atom is -0.464 e. The maximum absolute atomic E-state index is 14.7. The molecule has 3 aromatic rings. The number of hydrazine groups is 1. The number of nitrogens with one attached hydrogen (secondary N) is 2. The normalized spacial score (nSPS) is 22.5. The maximum atomic E-state index is 14.7. The minimum absolute atomic E-state index is 0.116. The van der Waals surface area contributed by atoms with Crippen molar-refractivity contribution in [1.29, 1.82) is 0 Å². The van der Waals surface area contributed by atoms with Crippen LogP contribution in [0.4, 0.5) is 5.69 Å². The predicted octanol–water partition coefficient (Wildman–Crippen LogP) is 4.98. The predicted molar refractivity (Wildman–Crippen MR) is 261 cm³/mol. The molecule has 3 saturated heterocycles. The molecule has 7 rings (SSSR count). The van der Waals surface area contributed by atoms with E-state index in [1.165, 1.54) is 5.01 Å². The number of amides is 3. The van der Waals surface area contributed by atoms with Crippen LogP contribution in [0.5, 0.6) is 0 Å².